The van der Waals surface area contributed by atoms with Crippen LogP contribution < -0.4 is 9.62 Å². The molecule has 0 saturated carbocycles. The van der Waals surface area contributed by atoms with Gasteiger partial charge in [0.25, 0.3) is 0 Å². The molecule has 2 aromatic carbocycles. The monoisotopic (exact) mass is 374 g/mol. The Kier molecular flexibility index (Phi) is 6.08. The number of carbonyl (C=O) groups is 1. The van der Waals surface area contributed by atoms with E-state index >= 15 is 0 Å². The van der Waals surface area contributed by atoms with Crippen molar-refractivity contribution in [1.29, 1.82) is 0 Å². The molecule has 0 spiro atoms. The van der Waals surface area contributed by atoms with E-state index < -0.39 is 10.0 Å². The first-order valence-corrected chi connectivity index (χ1v) is 10.3. The van der Waals surface area contributed by atoms with E-state index in [4.69, 9.17) is 0 Å². The van der Waals surface area contributed by atoms with Gasteiger partial charge >= 0.3 is 0 Å². The van der Waals surface area contributed by atoms with Gasteiger partial charge in [0.15, 0.2) is 0 Å². The van der Waals surface area contributed by atoms with E-state index in [0.717, 1.165) is 32.8 Å². The van der Waals surface area contributed by atoms with Gasteiger partial charge in [-0.05, 0) is 51.0 Å². The maximum absolute atomic E-state index is 12.5. The fourth-order valence-corrected chi connectivity index (χ4v) is 3.77. The summed E-state index contributed by atoms with van der Waals surface area (Å²) in [6.45, 7) is 7.59. The third-order valence-electron chi connectivity index (χ3n) is 4.28. The Morgan fingerprint density at radius 3 is 2.15 bits per heavy atom. The van der Waals surface area contributed by atoms with Gasteiger partial charge in [-0.2, -0.15) is 0 Å². The van der Waals surface area contributed by atoms with Gasteiger partial charge in [0.05, 0.1) is 18.0 Å². The van der Waals surface area contributed by atoms with Gasteiger partial charge in [-0.3, -0.25) is 9.10 Å². The summed E-state index contributed by atoms with van der Waals surface area (Å²) in [4.78, 5) is 12.5. The minimum absolute atomic E-state index is 0.206. The van der Waals surface area contributed by atoms with Gasteiger partial charge in [0.2, 0.25) is 15.9 Å². The highest BCUT2D eigenvalue weighted by Gasteiger charge is 2.22. The van der Waals surface area contributed by atoms with Crippen LogP contribution in [-0.4, -0.2) is 27.1 Å². The zero-order chi connectivity index (χ0) is 19.5. The number of aryl methyl sites for hydroxylation is 3. The Bertz CT molecular complexity index is 890. The fourth-order valence-electron chi connectivity index (χ4n) is 2.92. The topological polar surface area (TPSA) is 66.5 Å². The molecule has 0 heterocycles. The van der Waals surface area contributed by atoms with Gasteiger partial charge < -0.3 is 5.32 Å². The summed E-state index contributed by atoms with van der Waals surface area (Å²) in [5, 5.41) is 2.90. The van der Waals surface area contributed by atoms with Crippen LogP contribution >= 0.6 is 0 Å². The second kappa shape index (κ2) is 7.91. The van der Waals surface area contributed by atoms with E-state index in [1.54, 1.807) is 12.1 Å². The highest BCUT2D eigenvalue weighted by atomic mass is 32.2. The number of rotatable bonds is 6. The number of sulfonamides is 1. The van der Waals surface area contributed by atoms with Crippen LogP contribution in [0.5, 0.6) is 0 Å². The fraction of sp³-hybridized carbons (Fsp3) is 0.350. The van der Waals surface area contributed by atoms with Gasteiger partial charge in [-0.25, -0.2) is 8.42 Å². The van der Waals surface area contributed by atoms with Crippen LogP contribution in [0.4, 0.5) is 5.69 Å². The second-order valence-corrected chi connectivity index (χ2v) is 8.66. The van der Waals surface area contributed by atoms with E-state index in [1.807, 2.05) is 52.0 Å². The lowest BCUT2D eigenvalue weighted by atomic mass is 10.0. The summed E-state index contributed by atoms with van der Waals surface area (Å²) in [7, 11) is -3.57. The molecule has 26 heavy (non-hydrogen) atoms. The van der Waals surface area contributed by atoms with E-state index in [1.165, 1.54) is 0 Å². The van der Waals surface area contributed by atoms with E-state index in [-0.39, 0.29) is 18.5 Å². The minimum atomic E-state index is -3.57. The Hall–Kier alpha value is -2.34. The molecule has 140 valence electrons. The van der Waals surface area contributed by atoms with Gasteiger partial charge in [0.1, 0.15) is 6.54 Å². The molecular formula is C20H26N2O3S. The summed E-state index contributed by atoms with van der Waals surface area (Å²) in [6.07, 6.45) is 1.10. The van der Waals surface area contributed by atoms with Crippen molar-refractivity contribution in [3.8, 4) is 0 Å². The smallest absolute Gasteiger partial charge is 0.241 e. The van der Waals surface area contributed by atoms with Crippen molar-refractivity contribution in [2.24, 2.45) is 0 Å². The van der Waals surface area contributed by atoms with Crippen LogP contribution in [0, 0.1) is 20.8 Å². The first kappa shape index (κ1) is 20.0. The molecule has 1 N–H and O–H groups in total. The third-order valence-corrected chi connectivity index (χ3v) is 5.42. The van der Waals surface area contributed by atoms with Crippen molar-refractivity contribution in [1.82, 2.24) is 5.32 Å². The van der Waals surface area contributed by atoms with Crippen LogP contribution in [0.2, 0.25) is 0 Å². The van der Waals surface area contributed by atoms with Crippen LogP contribution in [0.15, 0.2) is 42.5 Å². The molecule has 0 unspecified atom stereocenters. The molecular weight excluding hydrogens is 348 g/mol. The average molecular weight is 375 g/mol. The molecule has 0 aliphatic heterocycles. The maximum atomic E-state index is 12.5. The lowest BCUT2D eigenvalue weighted by Crippen LogP contribution is -2.41. The van der Waals surface area contributed by atoms with E-state index in [0.29, 0.717) is 5.69 Å². The number of hydrogen-bond donors (Lipinski definition) is 1. The number of carbonyl (C=O) groups excluding carboxylic acids is 1. The van der Waals surface area contributed by atoms with E-state index in [2.05, 4.69) is 11.4 Å². The van der Waals surface area contributed by atoms with Gasteiger partial charge in [-0.15, -0.1) is 0 Å². The second-order valence-electron chi connectivity index (χ2n) is 6.75. The molecule has 0 aliphatic carbocycles. The lowest BCUT2D eigenvalue weighted by molar-refractivity contribution is -0.120. The number of benzene rings is 2. The van der Waals surface area contributed by atoms with E-state index in [9.17, 15) is 13.2 Å². The van der Waals surface area contributed by atoms with Crippen LogP contribution in [-0.2, 0) is 14.8 Å². The van der Waals surface area contributed by atoms with Crippen molar-refractivity contribution in [3.05, 3.63) is 64.7 Å². The van der Waals surface area contributed by atoms with Crippen LogP contribution in [0.1, 0.15) is 35.2 Å². The number of nitrogens with zero attached hydrogens (tertiary/aromatic N) is 1. The summed E-state index contributed by atoms with van der Waals surface area (Å²) in [5.74, 6) is -0.344. The molecule has 0 saturated heterocycles. The molecule has 1 atom stereocenters. The Balaban J connectivity index is 2.15. The Morgan fingerprint density at radius 1 is 1.04 bits per heavy atom. The SMILES string of the molecule is Cc1ccc(N(CC(=O)N[C@H](C)c2ccc(C)cc2C)S(C)(=O)=O)cc1. The predicted octanol–water partition coefficient (Wildman–Crippen LogP) is 3.26. The first-order valence-electron chi connectivity index (χ1n) is 8.49. The molecule has 6 heteroatoms. The predicted molar refractivity (Wildman–Crippen MR) is 106 cm³/mol. The largest absolute Gasteiger partial charge is 0.348 e. The molecule has 0 bridgehead atoms. The van der Waals surface area contributed by atoms with Crippen molar-refractivity contribution in [3.63, 3.8) is 0 Å². The quantitative estimate of drug-likeness (QED) is 0.844. The Morgan fingerprint density at radius 2 is 1.62 bits per heavy atom. The van der Waals surface area contributed by atoms with Gasteiger partial charge in [-0.1, -0.05) is 41.5 Å². The third kappa shape index (κ3) is 5.08. The minimum Gasteiger partial charge on any atom is -0.348 e. The highest BCUT2D eigenvalue weighted by Crippen LogP contribution is 2.20. The number of anilines is 1. The van der Waals surface area contributed by atoms with Crippen molar-refractivity contribution >= 4 is 21.6 Å². The summed E-state index contributed by atoms with van der Waals surface area (Å²) >= 11 is 0. The van der Waals surface area contributed by atoms with Crippen molar-refractivity contribution in [2.45, 2.75) is 33.7 Å². The molecule has 1 amide bonds. The molecule has 2 rings (SSSR count). The molecule has 0 aliphatic rings. The summed E-state index contributed by atoms with van der Waals surface area (Å²) in [5.41, 5.74) is 4.77. The van der Waals surface area contributed by atoms with Crippen LogP contribution in [0.3, 0.4) is 0 Å². The summed E-state index contributed by atoms with van der Waals surface area (Å²) in [6, 6.07) is 12.9. The van der Waals surface area contributed by atoms with Crippen LogP contribution in [0.25, 0.3) is 0 Å². The zero-order valence-electron chi connectivity index (χ0n) is 15.9. The molecule has 5 nitrogen and oxygen atoms in total. The number of hydrogen-bond acceptors (Lipinski definition) is 3. The molecule has 0 radical (unpaired) electrons. The standard InChI is InChI=1S/C20H26N2O3S/c1-14-6-9-18(10-7-14)22(26(5,24)25)13-20(23)21-17(4)19-11-8-15(2)12-16(19)3/h6-12,17H,13H2,1-5H3,(H,21,23)/t17-/m1/s1. The maximum Gasteiger partial charge on any atom is 0.241 e. The van der Waals surface area contributed by atoms with Crippen molar-refractivity contribution < 1.29 is 13.2 Å². The zero-order valence-corrected chi connectivity index (χ0v) is 16.7. The number of amides is 1. The normalized spacial score (nSPS) is 12.5. The highest BCUT2D eigenvalue weighted by molar-refractivity contribution is 7.92. The first-order chi connectivity index (χ1) is 12.1. The molecule has 0 fully saturated rings. The molecule has 2 aromatic rings. The molecule has 0 aromatic heterocycles. The van der Waals surface area contributed by atoms with Crippen molar-refractivity contribution in [2.75, 3.05) is 17.1 Å². The van der Waals surface area contributed by atoms with Gasteiger partial charge in [0, 0.05) is 0 Å². The number of nitrogens with one attached hydrogen (secondary N) is 1. The Labute approximate surface area is 156 Å². The summed E-state index contributed by atoms with van der Waals surface area (Å²) < 4.78 is 25.4. The lowest BCUT2D eigenvalue weighted by Gasteiger charge is -2.24. The average Bonchev–Trinajstić information content (AvgIpc) is 2.52.